The van der Waals surface area contributed by atoms with E-state index in [1.54, 1.807) is 6.92 Å². The third-order valence-electron chi connectivity index (χ3n) is 2.19. The average molecular weight is 272 g/mol. The zero-order valence-corrected chi connectivity index (χ0v) is 9.97. The Morgan fingerprint density at radius 2 is 1.93 bits per heavy atom. The number of ketones is 1. The van der Waals surface area contributed by atoms with Crippen LogP contribution in [0.2, 0.25) is 0 Å². The molecule has 15 heavy (non-hydrogen) atoms. The summed E-state index contributed by atoms with van der Waals surface area (Å²) in [5.41, 5.74) is 1.17. The molecule has 3 heteroatoms. The molecular formula is C12H18BrNO. The number of carbonyl (C=O) groups excluding carboxylic acids is 1. The molecular weight excluding hydrogens is 254 g/mol. The minimum absolute atomic E-state index is 0. The summed E-state index contributed by atoms with van der Waals surface area (Å²) in [7, 11) is 1.81. The van der Waals surface area contributed by atoms with Crippen LogP contribution in [-0.4, -0.2) is 18.9 Å². The van der Waals surface area contributed by atoms with Gasteiger partial charge in [-0.05, 0) is 38.1 Å². The minimum Gasteiger partial charge on any atom is -0.310 e. The Labute approximate surface area is 100 Å². The molecule has 1 atom stereocenters. The second kappa shape index (κ2) is 6.75. The van der Waals surface area contributed by atoms with Crippen LogP contribution in [0.1, 0.15) is 19.9 Å². The van der Waals surface area contributed by atoms with Crippen molar-refractivity contribution in [3.8, 4) is 0 Å². The predicted molar refractivity (Wildman–Crippen MR) is 68.1 cm³/mol. The molecule has 2 nitrogen and oxygen atoms in total. The monoisotopic (exact) mass is 271 g/mol. The molecule has 0 aliphatic carbocycles. The maximum Gasteiger partial charge on any atom is 0.147 e. The van der Waals surface area contributed by atoms with Gasteiger partial charge in [-0.25, -0.2) is 0 Å². The van der Waals surface area contributed by atoms with Crippen LogP contribution < -0.4 is 5.32 Å². The lowest BCUT2D eigenvalue weighted by Crippen LogP contribution is -2.34. The van der Waals surface area contributed by atoms with E-state index < -0.39 is 0 Å². The molecule has 1 aromatic carbocycles. The molecule has 0 aliphatic rings. The zero-order valence-electron chi connectivity index (χ0n) is 8.38. The van der Waals surface area contributed by atoms with E-state index >= 15 is 0 Å². The highest BCUT2D eigenvalue weighted by atomic mass is 79.9. The molecule has 0 heterocycles. The lowest BCUT2D eigenvalue weighted by Gasteiger charge is -2.12. The summed E-state index contributed by atoms with van der Waals surface area (Å²) >= 11 is 3.38. The molecule has 0 saturated heterocycles. The van der Waals surface area contributed by atoms with Crippen molar-refractivity contribution in [3.05, 3.63) is 34.3 Å². The molecule has 0 fully saturated rings. The largest absolute Gasteiger partial charge is 0.310 e. The topological polar surface area (TPSA) is 29.1 Å². The summed E-state index contributed by atoms with van der Waals surface area (Å²) in [4.78, 5) is 11.2. The van der Waals surface area contributed by atoms with Crippen molar-refractivity contribution in [1.82, 2.24) is 5.32 Å². The normalized spacial score (nSPS) is 11.7. The lowest BCUT2D eigenvalue weighted by molar-refractivity contribution is -0.118. The van der Waals surface area contributed by atoms with Crippen molar-refractivity contribution < 1.29 is 4.79 Å². The molecule has 1 aromatic rings. The smallest absolute Gasteiger partial charge is 0.147 e. The first kappa shape index (κ1) is 14.3. The summed E-state index contributed by atoms with van der Waals surface area (Å²) in [6.07, 6.45) is 0.749. The first-order valence-corrected chi connectivity index (χ1v) is 5.35. The summed E-state index contributed by atoms with van der Waals surface area (Å²) < 4.78 is 1.06. The first-order valence-electron chi connectivity index (χ1n) is 4.55. The Hall–Kier alpha value is -0.670. The summed E-state index contributed by atoms with van der Waals surface area (Å²) in [5, 5.41) is 3.00. The fourth-order valence-corrected chi connectivity index (χ4v) is 1.57. The molecule has 0 saturated carbocycles. The van der Waals surface area contributed by atoms with Crippen molar-refractivity contribution in [2.45, 2.75) is 26.8 Å². The third kappa shape index (κ3) is 4.58. The van der Waals surface area contributed by atoms with Gasteiger partial charge in [0.1, 0.15) is 5.78 Å². The quantitative estimate of drug-likeness (QED) is 0.913. The number of rotatable bonds is 4. The third-order valence-corrected chi connectivity index (χ3v) is 2.72. The van der Waals surface area contributed by atoms with Gasteiger partial charge in [-0.2, -0.15) is 0 Å². The van der Waals surface area contributed by atoms with E-state index in [4.69, 9.17) is 0 Å². The van der Waals surface area contributed by atoms with Crippen molar-refractivity contribution in [2.24, 2.45) is 0 Å². The Morgan fingerprint density at radius 3 is 2.33 bits per heavy atom. The maximum atomic E-state index is 11.2. The maximum absolute atomic E-state index is 11.2. The Balaban J connectivity index is 0.00000196. The number of halogens is 1. The molecule has 0 amide bonds. The van der Waals surface area contributed by atoms with Crippen LogP contribution in [0.4, 0.5) is 0 Å². The van der Waals surface area contributed by atoms with Crippen LogP contribution in [-0.2, 0) is 11.2 Å². The number of hydrogen-bond acceptors (Lipinski definition) is 2. The fraction of sp³-hybridized carbons (Fsp3) is 0.417. The van der Waals surface area contributed by atoms with E-state index in [9.17, 15) is 4.79 Å². The van der Waals surface area contributed by atoms with Gasteiger partial charge in [0.05, 0.1) is 6.04 Å². The predicted octanol–water partition coefficient (Wildman–Crippen LogP) is 2.80. The van der Waals surface area contributed by atoms with Gasteiger partial charge < -0.3 is 5.32 Å². The van der Waals surface area contributed by atoms with Crippen LogP contribution in [0.5, 0.6) is 0 Å². The Kier molecular flexibility index (Phi) is 6.45. The zero-order chi connectivity index (χ0) is 10.6. The van der Waals surface area contributed by atoms with Crippen LogP contribution in [0.25, 0.3) is 0 Å². The summed E-state index contributed by atoms with van der Waals surface area (Å²) in [6, 6.07) is 7.95. The van der Waals surface area contributed by atoms with Crippen LogP contribution >= 0.6 is 15.9 Å². The van der Waals surface area contributed by atoms with E-state index in [1.807, 2.05) is 31.3 Å². The second-order valence-electron chi connectivity index (χ2n) is 3.28. The lowest BCUT2D eigenvalue weighted by atomic mass is 10.0. The van der Waals surface area contributed by atoms with Crippen molar-refractivity contribution in [1.29, 1.82) is 0 Å². The van der Waals surface area contributed by atoms with E-state index in [0.717, 1.165) is 10.9 Å². The average Bonchev–Trinajstić information content (AvgIpc) is 2.16. The van der Waals surface area contributed by atoms with Gasteiger partial charge in [0.25, 0.3) is 0 Å². The molecule has 1 N–H and O–H groups in total. The number of Topliss-reactive ketones (excluding diaryl/α,β-unsaturated/α-hetero) is 1. The Morgan fingerprint density at radius 1 is 1.40 bits per heavy atom. The molecule has 0 spiro atoms. The molecule has 0 radical (unpaired) electrons. The van der Waals surface area contributed by atoms with Gasteiger partial charge >= 0.3 is 0 Å². The van der Waals surface area contributed by atoms with Gasteiger partial charge in [-0.1, -0.05) is 35.5 Å². The fourth-order valence-electron chi connectivity index (χ4n) is 1.31. The molecule has 0 unspecified atom stereocenters. The molecule has 0 bridgehead atoms. The van der Waals surface area contributed by atoms with E-state index in [0.29, 0.717) is 0 Å². The van der Waals surface area contributed by atoms with Crippen molar-refractivity contribution >= 4 is 21.7 Å². The molecule has 84 valence electrons. The van der Waals surface area contributed by atoms with Gasteiger partial charge in [0, 0.05) is 4.47 Å². The van der Waals surface area contributed by atoms with Crippen LogP contribution in [0, 0.1) is 0 Å². The highest BCUT2D eigenvalue weighted by Crippen LogP contribution is 2.12. The summed E-state index contributed by atoms with van der Waals surface area (Å²) in [6.45, 7) is 1.61. The second-order valence-corrected chi connectivity index (χ2v) is 4.20. The van der Waals surface area contributed by atoms with E-state index in [1.165, 1.54) is 5.56 Å². The van der Waals surface area contributed by atoms with Crippen molar-refractivity contribution in [3.63, 3.8) is 0 Å². The van der Waals surface area contributed by atoms with E-state index in [-0.39, 0.29) is 19.3 Å². The van der Waals surface area contributed by atoms with Gasteiger partial charge in [0.15, 0.2) is 0 Å². The number of nitrogens with one attached hydrogen (secondary N) is 1. The Bertz CT molecular complexity index is 308. The number of benzene rings is 1. The number of hydrogen-bond donors (Lipinski definition) is 1. The molecule has 0 aliphatic heterocycles. The molecule has 0 aromatic heterocycles. The SMILES string of the molecule is C.CN[C@@H](Cc1ccc(Br)cc1)C(C)=O. The van der Waals surface area contributed by atoms with E-state index in [2.05, 4.69) is 21.2 Å². The highest BCUT2D eigenvalue weighted by Gasteiger charge is 2.11. The number of likely N-dealkylation sites (N-methyl/N-ethyl adjacent to an activating group) is 1. The van der Waals surface area contributed by atoms with Crippen molar-refractivity contribution in [2.75, 3.05) is 7.05 Å². The number of carbonyl (C=O) groups is 1. The highest BCUT2D eigenvalue weighted by molar-refractivity contribution is 9.10. The van der Waals surface area contributed by atoms with Gasteiger partial charge in [-0.3, -0.25) is 4.79 Å². The molecule has 1 rings (SSSR count). The minimum atomic E-state index is -0.0730. The summed E-state index contributed by atoms with van der Waals surface area (Å²) in [5.74, 6) is 0.176. The van der Waals surface area contributed by atoms with Gasteiger partial charge in [0.2, 0.25) is 0 Å². The van der Waals surface area contributed by atoms with Gasteiger partial charge in [-0.15, -0.1) is 0 Å². The van der Waals surface area contributed by atoms with Crippen LogP contribution in [0.15, 0.2) is 28.7 Å². The standard InChI is InChI=1S/C11H14BrNO.CH4/c1-8(14)11(13-2)7-9-3-5-10(12)6-4-9;/h3-6,11,13H,7H2,1-2H3;1H4/t11-;/m0./s1. The first-order chi connectivity index (χ1) is 6.63. The van der Waals surface area contributed by atoms with Crippen LogP contribution in [0.3, 0.4) is 0 Å².